The van der Waals surface area contributed by atoms with Gasteiger partial charge in [-0.1, -0.05) is 26.0 Å². The van der Waals surface area contributed by atoms with Gasteiger partial charge in [0.25, 0.3) is 5.91 Å². The van der Waals surface area contributed by atoms with Crippen LogP contribution < -0.4 is 11.1 Å². The lowest BCUT2D eigenvalue weighted by molar-refractivity contribution is 0.0898. The summed E-state index contributed by atoms with van der Waals surface area (Å²) in [5.41, 5.74) is 7.53. The molecule has 0 aliphatic carbocycles. The quantitative estimate of drug-likeness (QED) is 0.831. The number of hydrogen-bond donors (Lipinski definition) is 2. The molecule has 0 spiro atoms. The highest BCUT2D eigenvalue weighted by Crippen LogP contribution is 2.45. The second kappa shape index (κ2) is 7.75. The van der Waals surface area contributed by atoms with Crippen LogP contribution in [0.5, 0.6) is 0 Å². The van der Waals surface area contributed by atoms with E-state index in [0.29, 0.717) is 22.6 Å². The van der Waals surface area contributed by atoms with Crippen LogP contribution in [0.15, 0.2) is 24.3 Å². The van der Waals surface area contributed by atoms with Gasteiger partial charge in [-0.15, -0.1) is 23.5 Å². The van der Waals surface area contributed by atoms with Gasteiger partial charge >= 0.3 is 0 Å². The van der Waals surface area contributed by atoms with Gasteiger partial charge in [0.05, 0.1) is 4.58 Å². The fraction of sp³-hybridized carbons (Fsp3) is 0.588. The van der Waals surface area contributed by atoms with Crippen molar-refractivity contribution in [2.45, 2.75) is 37.3 Å². The fourth-order valence-electron chi connectivity index (χ4n) is 2.78. The molecule has 1 atom stereocenters. The van der Waals surface area contributed by atoms with Crippen LogP contribution in [0, 0.1) is 5.92 Å². The molecule has 122 valence electrons. The molecule has 1 fully saturated rings. The Morgan fingerprint density at radius 2 is 1.91 bits per heavy atom. The maximum Gasteiger partial charge on any atom is 0.251 e. The predicted octanol–water partition coefficient (Wildman–Crippen LogP) is 3.66. The summed E-state index contributed by atoms with van der Waals surface area (Å²) in [4.78, 5) is 12.5. The molecule has 0 radical (unpaired) electrons. The van der Waals surface area contributed by atoms with Crippen molar-refractivity contribution in [3.05, 3.63) is 35.4 Å². The summed E-state index contributed by atoms with van der Waals surface area (Å²) >= 11 is 3.95. The van der Waals surface area contributed by atoms with Crippen molar-refractivity contribution in [3.8, 4) is 0 Å². The highest BCUT2D eigenvalue weighted by molar-refractivity contribution is 8.19. The van der Waals surface area contributed by atoms with E-state index in [0.717, 1.165) is 6.42 Å². The lowest BCUT2D eigenvalue weighted by Crippen LogP contribution is -2.52. The van der Waals surface area contributed by atoms with Gasteiger partial charge in [-0.3, -0.25) is 4.79 Å². The molecular weight excluding hydrogens is 312 g/mol. The van der Waals surface area contributed by atoms with Gasteiger partial charge in [0.2, 0.25) is 0 Å². The smallest absolute Gasteiger partial charge is 0.251 e. The summed E-state index contributed by atoms with van der Waals surface area (Å²) in [5.74, 6) is 2.88. The Balaban J connectivity index is 2.02. The van der Waals surface area contributed by atoms with Crippen LogP contribution in [0.2, 0.25) is 0 Å². The van der Waals surface area contributed by atoms with Crippen molar-refractivity contribution >= 4 is 29.4 Å². The number of nitrogens with one attached hydrogen (secondary N) is 1. The Labute approximate surface area is 142 Å². The minimum Gasteiger partial charge on any atom is -0.346 e. The topological polar surface area (TPSA) is 55.1 Å². The molecule has 3 N–H and O–H groups in total. The number of thioether (sulfide) groups is 2. The Kier molecular flexibility index (Phi) is 6.24. The summed E-state index contributed by atoms with van der Waals surface area (Å²) in [6.07, 6.45) is 0.878. The third-order valence-electron chi connectivity index (χ3n) is 3.79. The highest BCUT2D eigenvalue weighted by Gasteiger charge is 2.26. The molecule has 1 aromatic carbocycles. The monoisotopic (exact) mass is 338 g/mol. The van der Waals surface area contributed by atoms with E-state index >= 15 is 0 Å². The summed E-state index contributed by atoms with van der Waals surface area (Å²) in [5, 5.41) is 3.11. The zero-order valence-corrected chi connectivity index (χ0v) is 15.2. The number of amides is 1. The van der Waals surface area contributed by atoms with E-state index in [4.69, 9.17) is 5.73 Å². The molecule has 0 saturated carbocycles. The lowest BCUT2D eigenvalue weighted by Gasteiger charge is -2.31. The average Bonchev–Trinajstić information content (AvgIpc) is 3.00. The number of carbonyl (C=O) groups is 1. The molecule has 0 aromatic heterocycles. The first-order valence-corrected chi connectivity index (χ1v) is 9.89. The number of rotatable bonds is 6. The Morgan fingerprint density at radius 1 is 1.32 bits per heavy atom. The molecule has 2 rings (SSSR count). The SMILES string of the molecule is CC(C)CC(C)(CN)NC(=O)c1ccc(C2SCCS2)cc1. The van der Waals surface area contributed by atoms with Gasteiger partial charge in [0.1, 0.15) is 0 Å². The zero-order valence-electron chi connectivity index (χ0n) is 13.6. The van der Waals surface area contributed by atoms with Crippen molar-refractivity contribution in [3.63, 3.8) is 0 Å². The molecule has 1 unspecified atom stereocenters. The van der Waals surface area contributed by atoms with Crippen LogP contribution in [0.25, 0.3) is 0 Å². The molecule has 1 heterocycles. The number of hydrogen-bond acceptors (Lipinski definition) is 4. The van der Waals surface area contributed by atoms with Crippen molar-refractivity contribution < 1.29 is 4.79 Å². The largest absolute Gasteiger partial charge is 0.346 e. The maximum atomic E-state index is 12.5. The molecule has 1 aliphatic heterocycles. The van der Waals surface area contributed by atoms with Crippen molar-refractivity contribution in [1.82, 2.24) is 5.32 Å². The van der Waals surface area contributed by atoms with Gasteiger partial charge in [0.15, 0.2) is 0 Å². The lowest BCUT2D eigenvalue weighted by atomic mass is 9.90. The summed E-state index contributed by atoms with van der Waals surface area (Å²) in [6.45, 7) is 6.76. The number of nitrogens with two attached hydrogens (primary N) is 1. The third-order valence-corrected chi connectivity index (χ3v) is 6.90. The van der Waals surface area contributed by atoms with E-state index in [1.165, 1.54) is 17.1 Å². The van der Waals surface area contributed by atoms with Crippen LogP contribution in [0.4, 0.5) is 0 Å². The van der Waals surface area contributed by atoms with E-state index in [9.17, 15) is 4.79 Å². The van der Waals surface area contributed by atoms with Gasteiger partial charge < -0.3 is 11.1 Å². The highest BCUT2D eigenvalue weighted by atomic mass is 32.2. The van der Waals surface area contributed by atoms with Gasteiger partial charge in [-0.05, 0) is 37.0 Å². The number of benzene rings is 1. The molecule has 1 aliphatic rings. The fourth-order valence-corrected chi connectivity index (χ4v) is 5.63. The van der Waals surface area contributed by atoms with E-state index in [1.54, 1.807) is 0 Å². The van der Waals surface area contributed by atoms with Crippen LogP contribution in [-0.4, -0.2) is 29.5 Å². The third kappa shape index (κ3) is 4.67. The first-order chi connectivity index (χ1) is 10.4. The van der Waals surface area contributed by atoms with Crippen LogP contribution in [0.3, 0.4) is 0 Å². The van der Waals surface area contributed by atoms with E-state index in [2.05, 4.69) is 31.3 Å². The van der Waals surface area contributed by atoms with Crippen LogP contribution >= 0.6 is 23.5 Å². The second-order valence-corrected chi connectivity index (χ2v) is 9.24. The zero-order chi connectivity index (χ0) is 16.2. The summed E-state index contributed by atoms with van der Waals surface area (Å²) < 4.78 is 0.521. The standard InChI is InChI=1S/C17H26N2OS2/c1-12(2)10-17(3,11-18)19-15(20)13-4-6-14(7-5-13)16-21-8-9-22-16/h4-7,12,16H,8-11,18H2,1-3H3,(H,19,20). The molecular formula is C17H26N2OS2. The normalized spacial score (nSPS) is 18.4. The van der Waals surface area contributed by atoms with Crippen molar-refractivity contribution in [2.24, 2.45) is 11.7 Å². The van der Waals surface area contributed by atoms with Gasteiger partial charge in [0, 0.05) is 29.2 Å². The molecule has 3 nitrogen and oxygen atoms in total. The van der Waals surface area contributed by atoms with E-state index in [1.807, 2.05) is 42.6 Å². The van der Waals surface area contributed by atoms with E-state index < -0.39 is 0 Å². The first kappa shape index (κ1) is 17.7. The molecule has 22 heavy (non-hydrogen) atoms. The minimum atomic E-state index is -0.346. The summed E-state index contributed by atoms with van der Waals surface area (Å²) in [6, 6.07) is 8.01. The maximum absolute atomic E-state index is 12.5. The van der Waals surface area contributed by atoms with Gasteiger partial charge in [-0.2, -0.15) is 0 Å². The molecule has 1 saturated heterocycles. The van der Waals surface area contributed by atoms with Crippen LogP contribution in [0.1, 0.15) is 47.7 Å². The number of carbonyl (C=O) groups excluding carboxylic acids is 1. The average molecular weight is 339 g/mol. The van der Waals surface area contributed by atoms with E-state index in [-0.39, 0.29) is 11.4 Å². The second-order valence-electron chi connectivity index (χ2n) is 6.51. The molecule has 1 amide bonds. The van der Waals surface area contributed by atoms with Crippen molar-refractivity contribution in [2.75, 3.05) is 18.1 Å². The Morgan fingerprint density at radius 3 is 2.41 bits per heavy atom. The summed E-state index contributed by atoms with van der Waals surface area (Å²) in [7, 11) is 0. The Bertz CT molecular complexity index is 498. The molecule has 1 aromatic rings. The predicted molar refractivity (Wildman–Crippen MR) is 98.5 cm³/mol. The van der Waals surface area contributed by atoms with Crippen molar-refractivity contribution in [1.29, 1.82) is 0 Å². The minimum absolute atomic E-state index is 0.0353. The Hall–Kier alpha value is -0.650. The van der Waals surface area contributed by atoms with Crippen LogP contribution in [-0.2, 0) is 0 Å². The molecule has 5 heteroatoms. The first-order valence-electron chi connectivity index (χ1n) is 7.79. The molecule has 0 bridgehead atoms. The van der Waals surface area contributed by atoms with Gasteiger partial charge in [-0.25, -0.2) is 0 Å².